The van der Waals surface area contributed by atoms with E-state index in [2.05, 4.69) is 17.4 Å². The molecule has 1 atom stereocenters. The summed E-state index contributed by atoms with van der Waals surface area (Å²) in [7, 11) is -3.63. The molecule has 27 heavy (non-hydrogen) atoms. The van der Waals surface area contributed by atoms with Gasteiger partial charge in [-0.3, -0.25) is 4.79 Å². The van der Waals surface area contributed by atoms with Crippen LogP contribution in [-0.2, 0) is 21.2 Å². The molecule has 0 spiro atoms. The van der Waals surface area contributed by atoms with Crippen molar-refractivity contribution < 1.29 is 13.2 Å². The monoisotopic (exact) mass is 386 g/mol. The van der Waals surface area contributed by atoms with Gasteiger partial charge in [0.05, 0.1) is 4.90 Å². The number of nitrogens with zero attached hydrogens (tertiary/aromatic N) is 1. The molecule has 3 rings (SSSR count). The standard InChI is InChI=1S/C21H26N2O3S/c24-21(22-16-8-7-12-18-10-3-1-4-11-18)20-15-9-17-23(20)27(25,26)19-13-5-2-6-14-19/h1-6,10-11,13-14,20H,7-9,12,15-17H2,(H,22,24). The largest absolute Gasteiger partial charge is 0.355 e. The molecule has 1 amide bonds. The maximum Gasteiger partial charge on any atom is 0.243 e. The number of hydrogen-bond donors (Lipinski definition) is 1. The second kappa shape index (κ2) is 9.15. The van der Waals surface area contributed by atoms with Gasteiger partial charge >= 0.3 is 0 Å². The molecule has 144 valence electrons. The van der Waals surface area contributed by atoms with Gasteiger partial charge in [-0.1, -0.05) is 48.5 Å². The third-order valence-electron chi connectivity index (χ3n) is 4.89. The van der Waals surface area contributed by atoms with Gasteiger partial charge in [-0.15, -0.1) is 0 Å². The summed E-state index contributed by atoms with van der Waals surface area (Å²) in [6.07, 6.45) is 4.12. The van der Waals surface area contributed by atoms with Crippen molar-refractivity contribution in [1.29, 1.82) is 0 Å². The number of carbonyl (C=O) groups excluding carboxylic acids is 1. The Bertz CT molecular complexity index is 838. The maximum absolute atomic E-state index is 12.8. The number of benzene rings is 2. The fourth-order valence-electron chi connectivity index (χ4n) is 3.45. The lowest BCUT2D eigenvalue weighted by Crippen LogP contribution is -2.46. The molecule has 0 saturated carbocycles. The summed E-state index contributed by atoms with van der Waals surface area (Å²) in [4.78, 5) is 12.8. The Morgan fingerprint density at radius 3 is 2.37 bits per heavy atom. The molecule has 1 N–H and O–H groups in total. The first kappa shape index (κ1) is 19.6. The van der Waals surface area contributed by atoms with E-state index >= 15 is 0 Å². The molecule has 5 nitrogen and oxygen atoms in total. The van der Waals surface area contributed by atoms with Gasteiger partial charge in [0.15, 0.2) is 0 Å². The van der Waals surface area contributed by atoms with Gasteiger partial charge in [-0.05, 0) is 49.8 Å². The van der Waals surface area contributed by atoms with Gasteiger partial charge < -0.3 is 5.32 Å². The van der Waals surface area contributed by atoms with Crippen molar-refractivity contribution in [2.24, 2.45) is 0 Å². The first-order valence-electron chi connectivity index (χ1n) is 9.47. The Morgan fingerprint density at radius 2 is 1.67 bits per heavy atom. The van der Waals surface area contributed by atoms with Crippen molar-refractivity contribution in [3.63, 3.8) is 0 Å². The van der Waals surface area contributed by atoms with Crippen LogP contribution in [0, 0.1) is 0 Å². The molecule has 2 aromatic rings. The second-order valence-electron chi connectivity index (χ2n) is 6.82. The summed E-state index contributed by atoms with van der Waals surface area (Å²) in [5, 5.41) is 2.92. The number of carbonyl (C=O) groups is 1. The van der Waals surface area contributed by atoms with E-state index in [1.165, 1.54) is 9.87 Å². The molecule has 1 saturated heterocycles. The van der Waals surface area contributed by atoms with Crippen LogP contribution in [0.4, 0.5) is 0 Å². The fraction of sp³-hybridized carbons (Fsp3) is 0.381. The zero-order valence-corrected chi connectivity index (χ0v) is 16.2. The minimum atomic E-state index is -3.63. The molecule has 1 heterocycles. The summed E-state index contributed by atoms with van der Waals surface area (Å²) in [5.41, 5.74) is 1.29. The minimum absolute atomic E-state index is 0.188. The number of unbranched alkanes of at least 4 members (excludes halogenated alkanes) is 1. The quantitative estimate of drug-likeness (QED) is 0.709. The van der Waals surface area contributed by atoms with Crippen LogP contribution in [-0.4, -0.2) is 37.8 Å². The van der Waals surface area contributed by atoms with Gasteiger partial charge in [0.1, 0.15) is 6.04 Å². The Balaban J connectivity index is 1.50. The molecule has 0 aliphatic carbocycles. The molecule has 1 fully saturated rings. The predicted octanol–water partition coefficient (Wildman–Crippen LogP) is 2.98. The van der Waals surface area contributed by atoms with Crippen molar-refractivity contribution in [3.8, 4) is 0 Å². The molecule has 6 heteroatoms. The molecule has 0 aromatic heterocycles. The lowest BCUT2D eigenvalue weighted by Gasteiger charge is -2.23. The normalized spacial score (nSPS) is 17.7. The predicted molar refractivity (Wildman–Crippen MR) is 106 cm³/mol. The van der Waals surface area contributed by atoms with Gasteiger partial charge in [0, 0.05) is 13.1 Å². The van der Waals surface area contributed by atoms with E-state index in [0.29, 0.717) is 25.9 Å². The third kappa shape index (κ3) is 4.96. The lowest BCUT2D eigenvalue weighted by atomic mass is 10.1. The highest BCUT2D eigenvalue weighted by Crippen LogP contribution is 2.26. The van der Waals surface area contributed by atoms with E-state index in [4.69, 9.17) is 0 Å². The van der Waals surface area contributed by atoms with Gasteiger partial charge in [0.2, 0.25) is 15.9 Å². The Kier molecular flexibility index (Phi) is 6.63. The second-order valence-corrected chi connectivity index (χ2v) is 8.71. The summed E-state index contributed by atoms with van der Waals surface area (Å²) < 4.78 is 27.0. The SMILES string of the molecule is O=C(NCCCCc1ccccc1)C1CCCN1S(=O)(=O)c1ccccc1. The molecule has 1 unspecified atom stereocenters. The molecule has 2 aromatic carbocycles. The van der Waals surface area contributed by atoms with Crippen molar-refractivity contribution in [2.45, 2.75) is 43.0 Å². The topological polar surface area (TPSA) is 66.5 Å². The summed E-state index contributed by atoms with van der Waals surface area (Å²) in [6, 6.07) is 18.0. The van der Waals surface area contributed by atoms with E-state index in [9.17, 15) is 13.2 Å². The number of aryl methyl sites for hydroxylation is 1. The van der Waals surface area contributed by atoms with Crippen LogP contribution in [0.3, 0.4) is 0 Å². The van der Waals surface area contributed by atoms with E-state index in [1.807, 2.05) is 18.2 Å². The van der Waals surface area contributed by atoms with Crippen LogP contribution in [0.25, 0.3) is 0 Å². The van der Waals surface area contributed by atoms with Crippen LogP contribution in [0.1, 0.15) is 31.2 Å². The Morgan fingerprint density at radius 1 is 1.00 bits per heavy atom. The lowest BCUT2D eigenvalue weighted by molar-refractivity contribution is -0.124. The zero-order chi connectivity index (χ0) is 19.1. The number of nitrogens with one attached hydrogen (secondary N) is 1. The highest BCUT2D eigenvalue weighted by Gasteiger charge is 2.39. The summed E-state index contributed by atoms with van der Waals surface area (Å²) >= 11 is 0. The van der Waals surface area contributed by atoms with E-state index in [-0.39, 0.29) is 10.8 Å². The highest BCUT2D eigenvalue weighted by atomic mass is 32.2. The third-order valence-corrected chi connectivity index (χ3v) is 6.81. The minimum Gasteiger partial charge on any atom is -0.355 e. The molecule has 1 aliphatic heterocycles. The maximum atomic E-state index is 12.8. The van der Waals surface area contributed by atoms with Gasteiger partial charge in [-0.25, -0.2) is 8.42 Å². The van der Waals surface area contributed by atoms with Crippen LogP contribution in [0.5, 0.6) is 0 Å². The van der Waals surface area contributed by atoms with Crippen molar-refractivity contribution in [1.82, 2.24) is 9.62 Å². The van der Waals surface area contributed by atoms with Crippen molar-refractivity contribution in [3.05, 3.63) is 66.2 Å². The fourth-order valence-corrected chi connectivity index (χ4v) is 5.12. The molecular weight excluding hydrogens is 360 g/mol. The smallest absolute Gasteiger partial charge is 0.243 e. The number of rotatable bonds is 8. The van der Waals surface area contributed by atoms with E-state index in [0.717, 1.165) is 19.3 Å². The average Bonchev–Trinajstić information content (AvgIpc) is 3.20. The van der Waals surface area contributed by atoms with Crippen LogP contribution in [0.15, 0.2) is 65.6 Å². The van der Waals surface area contributed by atoms with E-state index in [1.54, 1.807) is 30.3 Å². The molecule has 0 radical (unpaired) electrons. The molecule has 1 aliphatic rings. The van der Waals surface area contributed by atoms with Crippen LogP contribution >= 0.6 is 0 Å². The Labute approximate surface area is 161 Å². The zero-order valence-electron chi connectivity index (χ0n) is 15.4. The Hall–Kier alpha value is -2.18. The summed E-state index contributed by atoms with van der Waals surface area (Å²) in [6.45, 7) is 0.963. The first-order valence-corrected chi connectivity index (χ1v) is 10.9. The highest BCUT2D eigenvalue weighted by molar-refractivity contribution is 7.89. The first-order chi connectivity index (χ1) is 13.1. The molecule has 0 bridgehead atoms. The van der Waals surface area contributed by atoms with Crippen molar-refractivity contribution in [2.75, 3.05) is 13.1 Å². The van der Waals surface area contributed by atoms with Crippen LogP contribution < -0.4 is 5.32 Å². The van der Waals surface area contributed by atoms with Crippen LogP contribution in [0.2, 0.25) is 0 Å². The number of amides is 1. The summed E-state index contributed by atoms with van der Waals surface area (Å²) in [5.74, 6) is -0.188. The van der Waals surface area contributed by atoms with Gasteiger partial charge in [0.25, 0.3) is 0 Å². The van der Waals surface area contributed by atoms with Gasteiger partial charge in [-0.2, -0.15) is 4.31 Å². The average molecular weight is 387 g/mol. The van der Waals surface area contributed by atoms with E-state index < -0.39 is 16.1 Å². The molecular formula is C21H26N2O3S. The van der Waals surface area contributed by atoms with Crippen molar-refractivity contribution >= 4 is 15.9 Å². The number of hydrogen-bond acceptors (Lipinski definition) is 3. The number of sulfonamides is 1.